The van der Waals surface area contributed by atoms with Gasteiger partial charge in [0, 0.05) is 11.6 Å². The van der Waals surface area contributed by atoms with Gasteiger partial charge in [0.05, 0.1) is 7.11 Å². The molecule has 0 atom stereocenters. The van der Waals surface area contributed by atoms with Crippen LogP contribution in [0.2, 0.25) is 0 Å². The summed E-state index contributed by atoms with van der Waals surface area (Å²) in [6.07, 6.45) is 3.04. The minimum Gasteiger partial charge on any atom is -0.497 e. The Morgan fingerprint density at radius 2 is 1.88 bits per heavy atom. The van der Waals surface area contributed by atoms with Crippen molar-refractivity contribution in [2.75, 3.05) is 7.11 Å². The normalized spacial score (nSPS) is 10.8. The number of aromatic nitrogens is 2. The summed E-state index contributed by atoms with van der Waals surface area (Å²) in [4.78, 5) is 15.9. The van der Waals surface area contributed by atoms with Gasteiger partial charge in [-0.25, -0.2) is 4.79 Å². The lowest BCUT2D eigenvalue weighted by molar-refractivity contribution is -0.139. The van der Waals surface area contributed by atoms with Crippen molar-refractivity contribution in [3.8, 4) is 17.1 Å². The summed E-state index contributed by atoms with van der Waals surface area (Å²) in [5, 5.41) is 3.88. The Balaban J connectivity index is 1.56. The number of ether oxygens (including phenoxy) is 2. The highest BCUT2D eigenvalue weighted by Crippen LogP contribution is 2.19. The Morgan fingerprint density at radius 3 is 2.60 bits per heavy atom. The molecule has 0 amide bonds. The molecular weight excluding hydrogens is 320 g/mol. The highest BCUT2D eigenvalue weighted by Gasteiger charge is 2.10. The third-order valence-electron chi connectivity index (χ3n) is 3.37. The average molecular weight is 336 g/mol. The van der Waals surface area contributed by atoms with E-state index in [1.807, 2.05) is 42.5 Å². The fourth-order valence-electron chi connectivity index (χ4n) is 2.08. The molecular formula is C19H16N2O4. The summed E-state index contributed by atoms with van der Waals surface area (Å²) in [7, 11) is 1.60. The fraction of sp³-hybridized carbons (Fsp3) is 0.105. The number of esters is 1. The molecule has 0 unspecified atom stereocenters. The van der Waals surface area contributed by atoms with Gasteiger partial charge in [-0.3, -0.25) is 0 Å². The van der Waals surface area contributed by atoms with E-state index >= 15 is 0 Å². The summed E-state index contributed by atoms with van der Waals surface area (Å²) in [6, 6.07) is 16.7. The van der Waals surface area contributed by atoms with Gasteiger partial charge in [0.2, 0.25) is 5.82 Å². The molecule has 6 heteroatoms. The van der Waals surface area contributed by atoms with Crippen molar-refractivity contribution >= 4 is 12.0 Å². The number of benzene rings is 2. The van der Waals surface area contributed by atoms with Crippen LogP contribution >= 0.6 is 0 Å². The first-order valence-electron chi connectivity index (χ1n) is 7.61. The lowest BCUT2D eigenvalue weighted by Crippen LogP contribution is -2.00. The van der Waals surface area contributed by atoms with Crippen LogP contribution in [0.15, 0.2) is 65.2 Å². The van der Waals surface area contributed by atoms with E-state index < -0.39 is 5.97 Å². The van der Waals surface area contributed by atoms with Crippen molar-refractivity contribution in [3.63, 3.8) is 0 Å². The lowest BCUT2D eigenvalue weighted by Gasteiger charge is -1.99. The molecule has 0 saturated carbocycles. The lowest BCUT2D eigenvalue weighted by atomic mass is 10.2. The molecule has 0 spiro atoms. The average Bonchev–Trinajstić information content (AvgIpc) is 3.14. The Morgan fingerprint density at radius 1 is 1.12 bits per heavy atom. The third-order valence-corrected chi connectivity index (χ3v) is 3.37. The SMILES string of the molecule is COc1ccc(-c2noc(COC(=O)/C=C/c3ccccc3)n2)cc1. The van der Waals surface area contributed by atoms with Crippen molar-refractivity contribution in [3.05, 3.63) is 72.1 Å². The van der Waals surface area contributed by atoms with Crippen molar-refractivity contribution in [2.45, 2.75) is 6.61 Å². The maximum Gasteiger partial charge on any atom is 0.331 e. The number of hydrogen-bond acceptors (Lipinski definition) is 6. The molecule has 1 aromatic heterocycles. The van der Waals surface area contributed by atoms with E-state index in [1.165, 1.54) is 6.08 Å². The molecule has 0 N–H and O–H groups in total. The van der Waals surface area contributed by atoms with E-state index in [4.69, 9.17) is 14.0 Å². The zero-order chi connectivity index (χ0) is 17.5. The van der Waals surface area contributed by atoms with Crippen molar-refractivity contribution < 1.29 is 18.8 Å². The maximum atomic E-state index is 11.7. The van der Waals surface area contributed by atoms with Gasteiger partial charge in [0.15, 0.2) is 6.61 Å². The molecule has 0 fully saturated rings. The summed E-state index contributed by atoms with van der Waals surface area (Å²) < 4.78 is 15.3. The van der Waals surface area contributed by atoms with E-state index in [0.29, 0.717) is 5.82 Å². The number of hydrogen-bond donors (Lipinski definition) is 0. The number of nitrogens with zero attached hydrogens (tertiary/aromatic N) is 2. The molecule has 0 aliphatic carbocycles. The van der Waals surface area contributed by atoms with E-state index in [0.717, 1.165) is 16.9 Å². The van der Waals surface area contributed by atoms with Crippen molar-refractivity contribution in [1.29, 1.82) is 0 Å². The predicted octanol–water partition coefficient (Wildman–Crippen LogP) is 3.50. The zero-order valence-corrected chi connectivity index (χ0v) is 13.6. The van der Waals surface area contributed by atoms with Gasteiger partial charge < -0.3 is 14.0 Å². The topological polar surface area (TPSA) is 74.5 Å². The predicted molar refractivity (Wildman–Crippen MR) is 91.6 cm³/mol. The summed E-state index contributed by atoms with van der Waals surface area (Å²) in [5.74, 6) is 0.917. The molecule has 126 valence electrons. The van der Waals surface area contributed by atoms with Crippen LogP contribution in [0.5, 0.6) is 5.75 Å². The van der Waals surface area contributed by atoms with E-state index in [-0.39, 0.29) is 12.5 Å². The standard InChI is InChI=1S/C19H16N2O4/c1-23-16-10-8-15(9-11-16)19-20-17(25-21-19)13-24-18(22)12-7-14-5-3-2-4-6-14/h2-12H,13H2,1H3/b12-7+. The molecule has 3 rings (SSSR count). The van der Waals surface area contributed by atoms with Gasteiger partial charge in [-0.05, 0) is 35.9 Å². The number of rotatable bonds is 6. The first-order chi connectivity index (χ1) is 12.2. The number of carbonyl (C=O) groups excluding carboxylic acids is 1. The van der Waals surface area contributed by atoms with Crippen LogP contribution in [0.25, 0.3) is 17.5 Å². The van der Waals surface area contributed by atoms with Gasteiger partial charge in [-0.15, -0.1) is 0 Å². The van der Waals surface area contributed by atoms with Crippen LogP contribution in [0.3, 0.4) is 0 Å². The summed E-state index contributed by atoms with van der Waals surface area (Å²) >= 11 is 0. The van der Waals surface area contributed by atoms with Crippen molar-refractivity contribution in [1.82, 2.24) is 10.1 Å². The Kier molecular flexibility index (Phi) is 5.21. The second-order valence-corrected chi connectivity index (χ2v) is 5.09. The molecule has 3 aromatic rings. The van der Waals surface area contributed by atoms with E-state index in [2.05, 4.69) is 10.1 Å². The van der Waals surface area contributed by atoms with Gasteiger partial charge in [-0.2, -0.15) is 4.98 Å². The molecule has 2 aromatic carbocycles. The second kappa shape index (κ2) is 7.92. The molecule has 6 nitrogen and oxygen atoms in total. The number of methoxy groups -OCH3 is 1. The monoisotopic (exact) mass is 336 g/mol. The summed E-state index contributed by atoms with van der Waals surface area (Å²) in [5.41, 5.74) is 1.70. The van der Waals surface area contributed by atoms with Crippen LogP contribution in [0.4, 0.5) is 0 Å². The molecule has 1 heterocycles. The molecule has 0 aliphatic heterocycles. The second-order valence-electron chi connectivity index (χ2n) is 5.09. The molecule has 0 radical (unpaired) electrons. The highest BCUT2D eigenvalue weighted by molar-refractivity contribution is 5.86. The third kappa shape index (κ3) is 4.54. The summed E-state index contributed by atoms with van der Waals surface area (Å²) in [6.45, 7) is -0.0822. The smallest absolute Gasteiger partial charge is 0.331 e. The van der Waals surface area contributed by atoms with Crippen LogP contribution in [-0.4, -0.2) is 23.2 Å². The van der Waals surface area contributed by atoms with Crippen LogP contribution in [0.1, 0.15) is 11.5 Å². The number of carbonyl (C=O) groups is 1. The Labute approximate surface area is 144 Å². The molecule has 0 saturated heterocycles. The van der Waals surface area contributed by atoms with Crippen LogP contribution in [0, 0.1) is 0 Å². The first-order valence-corrected chi connectivity index (χ1v) is 7.61. The fourth-order valence-corrected chi connectivity index (χ4v) is 2.08. The van der Waals surface area contributed by atoms with Gasteiger partial charge in [0.25, 0.3) is 5.89 Å². The molecule has 0 bridgehead atoms. The van der Waals surface area contributed by atoms with Gasteiger partial charge >= 0.3 is 5.97 Å². The van der Waals surface area contributed by atoms with Crippen molar-refractivity contribution in [2.24, 2.45) is 0 Å². The van der Waals surface area contributed by atoms with Crippen LogP contribution < -0.4 is 4.74 Å². The zero-order valence-electron chi connectivity index (χ0n) is 13.6. The molecule has 0 aliphatic rings. The van der Waals surface area contributed by atoms with Crippen LogP contribution in [-0.2, 0) is 16.1 Å². The minimum atomic E-state index is -0.479. The van der Waals surface area contributed by atoms with Gasteiger partial charge in [-0.1, -0.05) is 35.5 Å². The molecule has 25 heavy (non-hydrogen) atoms. The minimum absolute atomic E-state index is 0.0822. The largest absolute Gasteiger partial charge is 0.497 e. The Hall–Kier alpha value is -3.41. The van der Waals surface area contributed by atoms with E-state index in [9.17, 15) is 4.79 Å². The maximum absolute atomic E-state index is 11.7. The Bertz CT molecular complexity index is 855. The van der Waals surface area contributed by atoms with E-state index in [1.54, 1.807) is 25.3 Å². The first kappa shape index (κ1) is 16.4. The van der Waals surface area contributed by atoms with Gasteiger partial charge in [0.1, 0.15) is 5.75 Å². The quantitative estimate of drug-likeness (QED) is 0.506. The highest BCUT2D eigenvalue weighted by atomic mass is 16.6.